The summed E-state index contributed by atoms with van der Waals surface area (Å²) >= 11 is 0. The third-order valence-electron chi connectivity index (χ3n) is 3.91. The molecule has 0 aliphatic heterocycles. The summed E-state index contributed by atoms with van der Waals surface area (Å²) in [7, 11) is -7.21. The highest BCUT2D eigenvalue weighted by Gasteiger charge is 2.19. The Bertz CT molecular complexity index is 923. The molecular formula is C18H24N2O4S2. The minimum atomic E-state index is -3.70. The van der Waals surface area contributed by atoms with E-state index < -0.39 is 20.0 Å². The van der Waals surface area contributed by atoms with Gasteiger partial charge in [0.1, 0.15) is 0 Å². The lowest BCUT2D eigenvalue weighted by atomic mass is 10.0. The van der Waals surface area contributed by atoms with Crippen molar-refractivity contribution in [2.75, 3.05) is 23.7 Å². The van der Waals surface area contributed by atoms with Crippen LogP contribution in [0.1, 0.15) is 25.3 Å². The van der Waals surface area contributed by atoms with Crippen LogP contribution in [0.15, 0.2) is 59.5 Å². The topological polar surface area (TPSA) is 83.6 Å². The average molecular weight is 397 g/mol. The van der Waals surface area contributed by atoms with Crippen LogP contribution in [0.2, 0.25) is 0 Å². The van der Waals surface area contributed by atoms with E-state index >= 15 is 0 Å². The lowest BCUT2D eigenvalue weighted by molar-refractivity contribution is 0.578. The first kappa shape index (κ1) is 20.4. The van der Waals surface area contributed by atoms with E-state index in [4.69, 9.17) is 0 Å². The molecule has 0 radical (unpaired) electrons. The molecule has 0 aliphatic rings. The predicted octanol–water partition coefficient (Wildman–Crippen LogP) is 2.55. The summed E-state index contributed by atoms with van der Waals surface area (Å²) in [5.74, 6) is 0.314. The van der Waals surface area contributed by atoms with Gasteiger partial charge in [-0.05, 0) is 35.7 Å². The number of rotatable bonds is 8. The van der Waals surface area contributed by atoms with Gasteiger partial charge >= 0.3 is 0 Å². The molecule has 0 amide bonds. The molecule has 2 aromatic rings. The second kappa shape index (κ2) is 8.20. The molecule has 0 aliphatic carbocycles. The summed E-state index contributed by atoms with van der Waals surface area (Å²) < 4.78 is 52.5. The fourth-order valence-corrected chi connectivity index (χ4v) is 4.43. The van der Waals surface area contributed by atoms with Gasteiger partial charge in [0.05, 0.1) is 16.8 Å². The molecule has 0 saturated heterocycles. The Morgan fingerprint density at radius 2 is 1.50 bits per heavy atom. The Kier molecular flexibility index (Phi) is 6.44. The van der Waals surface area contributed by atoms with Crippen LogP contribution in [0.25, 0.3) is 0 Å². The van der Waals surface area contributed by atoms with E-state index in [0.29, 0.717) is 11.6 Å². The van der Waals surface area contributed by atoms with Crippen molar-refractivity contribution in [1.82, 2.24) is 4.72 Å². The fourth-order valence-electron chi connectivity index (χ4n) is 2.48. The zero-order valence-electron chi connectivity index (χ0n) is 15.1. The van der Waals surface area contributed by atoms with Crippen LogP contribution in [0.4, 0.5) is 5.69 Å². The van der Waals surface area contributed by atoms with Gasteiger partial charge in [-0.15, -0.1) is 0 Å². The summed E-state index contributed by atoms with van der Waals surface area (Å²) in [5, 5.41) is 0. The summed E-state index contributed by atoms with van der Waals surface area (Å²) in [6.45, 7) is 4.04. The van der Waals surface area contributed by atoms with Crippen LogP contribution in [0, 0.1) is 0 Å². The standard InChI is InChI=1S/C18H24N2O4S2/c1-15(2)16-9-11-18(12-10-16)26(23,24)19-13-14-20(25(3,21)22)17-7-5-4-6-8-17/h4-12,15,19H,13-14H2,1-3H3. The van der Waals surface area contributed by atoms with Gasteiger partial charge in [-0.1, -0.05) is 44.2 Å². The monoisotopic (exact) mass is 396 g/mol. The van der Waals surface area contributed by atoms with Crippen molar-refractivity contribution in [2.45, 2.75) is 24.7 Å². The maximum absolute atomic E-state index is 12.4. The lowest BCUT2D eigenvalue weighted by Gasteiger charge is -2.22. The molecule has 0 spiro atoms. The second-order valence-electron chi connectivity index (χ2n) is 6.29. The largest absolute Gasteiger partial charge is 0.269 e. The van der Waals surface area contributed by atoms with Gasteiger partial charge in [-0.3, -0.25) is 4.31 Å². The zero-order valence-corrected chi connectivity index (χ0v) is 16.7. The van der Waals surface area contributed by atoms with Crippen LogP contribution < -0.4 is 9.03 Å². The number of nitrogens with zero attached hydrogens (tertiary/aromatic N) is 1. The lowest BCUT2D eigenvalue weighted by Crippen LogP contribution is -2.38. The molecule has 6 nitrogen and oxygen atoms in total. The Labute approximate surface area is 156 Å². The zero-order chi connectivity index (χ0) is 19.4. The van der Waals surface area contributed by atoms with Crippen LogP contribution in [0.3, 0.4) is 0 Å². The number of hydrogen-bond acceptors (Lipinski definition) is 4. The van der Waals surface area contributed by atoms with Gasteiger partial charge in [0.15, 0.2) is 0 Å². The van der Waals surface area contributed by atoms with Crippen molar-refractivity contribution >= 4 is 25.7 Å². The van der Waals surface area contributed by atoms with Crippen molar-refractivity contribution in [2.24, 2.45) is 0 Å². The molecule has 2 rings (SSSR count). The third-order valence-corrected chi connectivity index (χ3v) is 6.58. The predicted molar refractivity (Wildman–Crippen MR) is 104 cm³/mol. The summed E-state index contributed by atoms with van der Waals surface area (Å²) in [6.07, 6.45) is 1.10. The quantitative estimate of drug-likeness (QED) is 0.743. The maximum atomic E-state index is 12.4. The first-order valence-electron chi connectivity index (χ1n) is 8.23. The fraction of sp³-hybridized carbons (Fsp3) is 0.333. The molecule has 1 N–H and O–H groups in total. The van der Waals surface area contributed by atoms with Crippen LogP contribution in [0.5, 0.6) is 0 Å². The molecule has 26 heavy (non-hydrogen) atoms. The van der Waals surface area contributed by atoms with E-state index in [-0.39, 0.29) is 18.0 Å². The Balaban J connectivity index is 2.08. The van der Waals surface area contributed by atoms with Crippen molar-refractivity contribution in [3.05, 3.63) is 60.2 Å². The molecule has 8 heteroatoms. The molecule has 0 aromatic heterocycles. The van der Waals surface area contributed by atoms with Crippen LogP contribution >= 0.6 is 0 Å². The Hall–Kier alpha value is -1.90. The first-order valence-corrected chi connectivity index (χ1v) is 11.6. The summed E-state index contributed by atoms with van der Waals surface area (Å²) in [5.41, 5.74) is 1.55. The first-order chi connectivity index (χ1) is 12.1. The number of para-hydroxylation sites is 1. The van der Waals surface area contributed by atoms with Crippen molar-refractivity contribution in [3.63, 3.8) is 0 Å². The molecular weight excluding hydrogens is 372 g/mol. The van der Waals surface area contributed by atoms with Gasteiger partial charge in [0.2, 0.25) is 20.0 Å². The Morgan fingerprint density at radius 1 is 0.923 bits per heavy atom. The van der Waals surface area contributed by atoms with E-state index in [9.17, 15) is 16.8 Å². The van der Waals surface area contributed by atoms with E-state index in [1.807, 2.05) is 13.8 Å². The highest BCUT2D eigenvalue weighted by Crippen LogP contribution is 2.18. The third kappa shape index (κ3) is 5.30. The second-order valence-corrected chi connectivity index (χ2v) is 9.97. The molecule has 0 heterocycles. The smallest absolute Gasteiger partial charge is 0.240 e. The van der Waals surface area contributed by atoms with Gasteiger partial charge in [0.25, 0.3) is 0 Å². The SMILES string of the molecule is CC(C)c1ccc(S(=O)(=O)NCCN(c2ccccc2)S(C)(=O)=O)cc1. The Morgan fingerprint density at radius 3 is 2.00 bits per heavy atom. The number of nitrogens with one attached hydrogen (secondary N) is 1. The van der Waals surface area contributed by atoms with Crippen molar-refractivity contribution in [3.8, 4) is 0 Å². The molecule has 142 valence electrons. The number of anilines is 1. The molecule has 0 atom stereocenters. The summed E-state index contributed by atoms with van der Waals surface area (Å²) in [4.78, 5) is 0.160. The van der Waals surface area contributed by atoms with Crippen LogP contribution in [-0.4, -0.2) is 36.2 Å². The van der Waals surface area contributed by atoms with Crippen molar-refractivity contribution in [1.29, 1.82) is 0 Å². The van der Waals surface area contributed by atoms with Crippen LogP contribution in [-0.2, 0) is 20.0 Å². The van der Waals surface area contributed by atoms with E-state index in [2.05, 4.69) is 4.72 Å². The molecule has 0 unspecified atom stereocenters. The van der Waals surface area contributed by atoms with Gasteiger partial charge in [-0.2, -0.15) is 0 Å². The molecule has 0 saturated carbocycles. The summed E-state index contributed by atoms with van der Waals surface area (Å²) in [6, 6.07) is 15.3. The highest BCUT2D eigenvalue weighted by molar-refractivity contribution is 7.92. The minimum absolute atomic E-state index is 0.00611. The van der Waals surface area contributed by atoms with Gasteiger partial charge in [-0.25, -0.2) is 21.6 Å². The van der Waals surface area contributed by atoms with E-state index in [1.165, 1.54) is 4.31 Å². The van der Waals surface area contributed by atoms with E-state index in [1.54, 1.807) is 54.6 Å². The number of hydrogen-bond donors (Lipinski definition) is 1. The molecule has 0 fully saturated rings. The normalized spacial score (nSPS) is 12.3. The number of sulfonamides is 2. The van der Waals surface area contributed by atoms with Gasteiger partial charge < -0.3 is 0 Å². The number of benzene rings is 2. The highest BCUT2D eigenvalue weighted by atomic mass is 32.2. The molecule has 0 bridgehead atoms. The minimum Gasteiger partial charge on any atom is -0.269 e. The van der Waals surface area contributed by atoms with Gasteiger partial charge in [0, 0.05) is 13.1 Å². The van der Waals surface area contributed by atoms with Crippen molar-refractivity contribution < 1.29 is 16.8 Å². The van der Waals surface area contributed by atoms with E-state index in [0.717, 1.165) is 11.8 Å². The average Bonchev–Trinajstić information content (AvgIpc) is 2.58. The molecule has 2 aromatic carbocycles. The maximum Gasteiger partial charge on any atom is 0.240 e.